The summed E-state index contributed by atoms with van der Waals surface area (Å²) in [7, 11) is 0. The number of aliphatic carboxylic acids is 2. The number of fused-ring (bicyclic) bond motifs is 1. The topological polar surface area (TPSA) is 204 Å². The van der Waals surface area contributed by atoms with E-state index in [-0.39, 0.29) is 35.6 Å². The molecule has 31 heavy (non-hydrogen) atoms. The van der Waals surface area contributed by atoms with Crippen LogP contribution in [-0.2, 0) is 22.4 Å². The van der Waals surface area contributed by atoms with E-state index in [1.807, 2.05) is 0 Å². The first-order valence-corrected chi connectivity index (χ1v) is 9.31. The van der Waals surface area contributed by atoms with Gasteiger partial charge in [0.25, 0.3) is 11.5 Å². The maximum atomic E-state index is 12.3. The van der Waals surface area contributed by atoms with Crippen LogP contribution in [0.25, 0.3) is 11.0 Å². The maximum absolute atomic E-state index is 12.3. The van der Waals surface area contributed by atoms with Crippen molar-refractivity contribution in [3.8, 4) is 0 Å². The van der Waals surface area contributed by atoms with Gasteiger partial charge in [0.1, 0.15) is 11.4 Å². The molecule has 0 unspecified atom stereocenters. The zero-order valence-electron chi connectivity index (χ0n) is 16.2. The third-order valence-electron chi connectivity index (χ3n) is 4.65. The first-order chi connectivity index (χ1) is 14.7. The molecule has 12 nitrogen and oxygen atoms in total. The molecule has 1 aromatic carbocycles. The normalized spacial score (nSPS) is 11.9. The summed E-state index contributed by atoms with van der Waals surface area (Å²) >= 11 is 0. The van der Waals surface area contributed by atoms with Gasteiger partial charge in [0, 0.05) is 12.0 Å². The molecule has 12 heteroatoms. The van der Waals surface area contributed by atoms with Gasteiger partial charge in [0.05, 0.1) is 5.69 Å². The number of carbonyl (C=O) groups is 3. The molecule has 0 aliphatic heterocycles. The second-order valence-electron chi connectivity index (χ2n) is 6.85. The van der Waals surface area contributed by atoms with Gasteiger partial charge in [0.2, 0.25) is 5.95 Å². The number of aryl methyl sites for hydroxylation is 2. The molecule has 0 saturated carbocycles. The molecule has 0 fully saturated rings. The summed E-state index contributed by atoms with van der Waals surface area (Å²) in [5.74, 6) is -3.07. The number of aromatic amines is 2. The Morgan fingerprint density at radius 1 is 1.13 bits per heavy atom. The van der Waals surface area contributed by atoms with E-state index in [0.29, 0.717) is 23.9 Å². The van der Waals surface area contributed by atoms with Gasteiger partial charge in [-0.05, 0) is 37.0 Å². The van der Waals surface area contributed by atoms with Crippen LogP contribution in [0, 0.1) is 0 Å². The standard InChI is InChI=1S/C19H20N6O6/c20-19-22-15-14(17(29)23-19)11(24-25-15)6-3-9-1-4-10(5-2-9)16(28)21-12(18(30)31)7-8-13(26)27/h1-2,4-5,12H,3,6-8H2,(H,21,28)(H,26,27)(H,30,31)(H4,20,22,23,24,25,29)/t12-/m0/s1. The van der Waals surface area contributed by atoms with E-state index in [2.05, 4.69) is 25.5 Å². The number of hydrogen-bond donors (Lipinski definition) is 6. The van der Waals surface area contributed by atoms with Crippen LogP contribution in [0.4, 0.5) is 5.95 Å². The molecule has 162 valence electrons. The predicted molar refractivity (Wildman–Crippen MR) is 109 cm³/mol. The van der Waals surface area contributed by atoms with Crippen molar-refractivity contribution >= 4 is 34.8 Å². The molecule has 3 aromatic rings. The van der Waals surface area contributed by atoms with Crippen LogP contribution < -0.4 is 16.6 Å². The van der Waals surface area contributed by atoms with Gasteiger partial charge in [0.15, 0.2) is 5.65 Å². The van der Waals surface area contributed by atoms with Gasteiger partial charge in [-0.2, -0.15) is 10.1 Å². The van der Waals surface area contributed by atoms with E-state index in [4.69, 9.17) is 15.9 Å². The molecule has 0 spiro atoms. The van der Waals surface area contributed by atoms with E-state index in [1.165, 1.54) is 0 Å². The third-order valence-corrected chi connectivity index (χ3v) is 4.65. The molecule has 2 heterocycles. The van der Waals surface area contributed by atoms with E-state index < -0.39 is 23.9 Å². The Hall–Kier alpha value is -4.22. The largest absolute Gasteiger partial charge is 0.481 e. The Bertz CT molecular complexity index is 1180. The van der Waals surface area contributed by atoms with Gasteiger partial charge in [-0.1, -0.05) is 12.1 Å². The Kier molecular flexibility index (Phi) is 6.29. The van der Waals surface area contributed by atoms with Crippen LogP contribution in [0.2, 0.25) is 0 Å². The van der Waals surface area contributed by atoms with Gasteiger partial charge < -0.3 is 21.3 Å². The Labute approximate surface area is 174 Å². The molecule has 0 radical (unpaired) electrons. The monoisotopic (exact) mass is 428 g/mol. The number of aromatic nitrogens is 4. The van der Waals surface area contributed by atoms with Crippen LogP contribution in [0.5, 0.6) is 0 Å². The summed E-state index contributed by atoms with van der Waals surface area (Å²) in [6.07, 6.45) is 0.419. The average Bonchev–Trinajstić information content (AvgIpc) is 3.12. The molecule has 0 aliphatic rings. The number of amides is 1. The number of nitrogens with two attached hydrogens (primary N) is 1. The smallest absolute Gasteiger partial charge is 0.326 e. The summed E-state index contributed by atoms with van der Waals surface area (Å²) in [6, 6.07) is 5.21. The zero-order valence-corrected chi connectivity index (χ0v) is 16.2. The highest BCUT2D eigenvalue weighted by Gasteiger charge is 2.21. The molecular weight excluding hydrogens is 408 g/mol. The fourth-order valence-corrected chi connectivity index (χ4v) is 3.05. The lowest BCUT2D eigenvalue weighted by Crippen LogP contribution is -2.41. The maximum Gasteiger partial charge on any atom is 0.326 e. The summed E-state index contributed by atoms with van der Waals surface area (Å²) in [4.78, 5) is 52.6. The number of nitrogens with zero attached hydrogens (tertiary/aromatic N) is 2. The number of carbonyl (C=O) groups excluding carboxylic acids is 1. The molecule has 0 aliphatic carbocycles. The molecule has 1 amide bonds. The second-order valence-corrected chi connectivity index (χ2v) is 6.85. The van der Waals surface area contributed by atoms with Crippen molar-refractivity contribution < 1.29 is 24.6 Å². The number of nitrogens with one attached hydrogen (secondary N) is 3. The lowest BCUT2D eigenvalue weighted by Gasteiger charge is -2.13. The van der Waals surface area contributed by atoms with Gasteiger partial charge in [-0.25, -0.2) is 4.79 Å². The SMILES string of the molecule is Nc1nc2n[nH]c(CCc3ccc(C(=O)N[C@@H](CCC(=O)O)C(=O)O)cc3)c2c(=O)[nH]1. The molecule has 0 saturated heterocycles. The van der Waals surface area contributed by atoms with Crippen molar-refractivity contribution in [2.24, 2.45) is 0 Å². The van der Waals surface area contributed by atoms with Crippen molar-refractivity contribution in [2.75, 3.05) is 5.73 Å². The molecule has 3 rings (SSSR count). The molecule has 0 bridgehead atoms. The Balaban J connectivity index is 1.64. The van der Waals surface area contributed by atoms with E-state index in [0.717, 1.165) is 5.56 Å². The van der Waals surface area contributed by atoms with Crippen LogP contribution in [-0.4, -0.2) is 54.3 Å². The van der Waals surface area contributed by atoms with Crippen LogP contribution >= 0.6 is 0 Å². The minimum Gasteiger partial charge on any atom is -0.481 e. The highest BCUT2D eigenvalue weighted by atomic mass is 16.4. The van der Waals surface area contributed by atoms with Crippen molar-refractivity contribution in [2.45, 2.75) is 31.7 Å². The summed E-state index contributed by atoms with van der Waals surface area (Å²) < 4.78 is 0. The lowest BCUT2D eigenvalue weighted by atomic mass is 10.0. The number of carboxylic acids is 2. The zero-order chi connectivity index (χ0) is 22.5. The first kappa shape index (κ1) is 21.5. The minimum absolute atomic E-state index is 0.0162. The average molecular weight is 428 g/mol. The van der Waals surface area contributed by atoms with E-state index in [9.17, 15) is 19.2 Å². The number of nitrogen functional groups attached to an aromatic ring is 1. The Morgan fingerprint density at radius 3 is 2.48 bits per heavy atom. The fourth-order valence-electron chi connectivity index (χ4n) is 3.05. The van der Waals surface area contributed by atoms with Gasteiger partial charge in [-0.15, -0.1) is 0 Å². The highest BCUT2D eigenvalue weighted by Crippen LogP contribution is 2.14. The number of anilines is 1. The Morgan fingerprint density at radius 2 is 1.84 bits per heavy atom. The van der Waals surface area contributed by atoms with Gasteiger partial charge in [-0.3, -0.25) is 24.5 Å². The summed E-state index contributed by atoms with van der Waals surface area (Å²) in [5, 5.41) is 27.3. The predicted octanol–water partition coefficient (Wildman–Crippen LogP) is 0.0614. The molecule has 2 aromatic heterocycles. The highest BCUT2D eigenvalue weighted by molar-refractivity contribution is 5.96. The molecule has 7 N–H and O–H groups in total. The molecular formula is C19H20N6O6. The number of benzene rings is 1. The van der Waals surface area contributed by atoms with Gasteiger partial charge >= 0.3 is 11.9 Å². The fraction of sp³-hybridized carbons (Fsp3) is 0.263. The van der Waals surface area contributed by atoms with Crippen molar-refractivity contribution in [1.82, 2.24) is 25.5 Å². The number of hydrogen-bond acceptors (Lipinski definition) is 7. The van der Waals surface area contributed by atoms with Crippen LogP contribution in [0.15, 0.2) is 29.1 Å². The number of carboxylic acid groups (broad SMARTS) is 2. The first-order valence-electron chi connectivity index (χ1n) is 9.31. The van der Waals surface area contributed by atoms with Crippen molar-refractivity contribution in [3.63, 3.8) is 0 Å². The second kappa shape index (κ2) is 9.07. The summed E-state index contributed by atoms with van der Waals surface area (Å²) in [6.45, 7) is 0. The third kappa shape index (κ3) is 5.23. The van der Waals surface area contributed by atoms with E-state index in [1.54, 1.807) is 24.3 Å². The van der Waals surface area contributed by atoms with E-state index >= 15 is 0 Å². The van der Waals surface area contributed by atoms with Crippen LogP contribution in [0.3, 0.4) is 0 Å². The van der Waals surface area contributed by atoms with Crippen molar-refractivity contribution in [3.05, 3.63) is 51.4 Å². The summed E-state index contributed by atoms with van der Waals surface area (Å²) in [5.41, 5.74) is 7.08. The van der Waals surface area contributed by atoms with Crippen LogP contribution in [0.1, 0.15) is 34.5 Å². The molecule has 1 atom stereocenters. The lowest BCUT2D eigenvalue weighted by molar-refractivity contribution is -0.140. The number of H-pyrrole nitrogens is 2. The minimum atomic E-state index is -1.30. The quantitative estimate of drug-likeness (QED) is 0.272. The number of rotatable bonds is 9. The van der Waals surface area contributed by atoms with Crippen molar-refractivity contribution in [1.29, 1.82) is 0 Å².